The summed E-state index contributed by atoms with van der Waals surface area (Å²) < 4.78 is 5.41. The summed E-state index contributed by atoms with van der Waals surface area (Å²) in [6, 6.07) is 22.8. The maximum atomic E-state index is 12.4. The smallest absolute Gasteiger partial charge is 0.407 e. The second-order valence-electron chi connectivity index (χ2n) is 8.94. The maximum absolute atomic E-state index is 12.4. The summed E-state index contributed by atoms with van der Waals surface area (Å²) in [4.78, 5) is 12.4. The van der Waals surface area contributed by atoms with Gasteiger partial charge >= 0.3 is 6.09 Å². The van der Waals surface area contributed by atoms with Gasteiger partial charge < -0.3 is 20.9 Å². The number of fused-ring (bicyclic) bond motifs is 1. The molecule has 0 aliphatic heterocycles. The molecule has 0 radical (unpaired) electrons. The van der Waals surface area contributed by atoms with E-state index in [9.17, 15) is 9.90 Å². The molecule has 0 saturated heterocycles. The molecule has 0 heterocycles. The van der Waals surface area contributed by atoms with Crippen LogP contribution in [0.3, 0.4) is 0 Å². The van der Waals surface area contributed by atoms with E-state index in [1.807, 2.05) is 75.4 Å². The number of hydrogen-bond donors (Lipinski definition) is 3. The van der Waals surface area contributed by atoms with Crippen LogP contribution < -0.4 is 11.1 Å². The fourth-order valence-electron chi connectivity index (χ4n) is 3.73. The van der Waals surface area contributed by atoms with Gasteiger partial charge in [-0.3, -0.25) is 0 Å². The van der Waals surface area contributed by atoms with Gasteiger partial charge in [-0.1, -0.05) is 72.8 Å². The van der Waals surface area contributed by atoms with Crippen molar-refractivity contribution in [3.63, 3.8) is 0 Å². The van der Waals surface area contributed by atoms with Crippen molar-refractivity contribution < 1.29 is 14.6 Å². The maximum Gasteiger partial charge on any atom is 0.407 e. The van der Waals surface area contributed by atoms with Gasteiger partial charge in [-0.2, -0.15) is 0 Å². The number of amides is 1. The van der Waals surface area contributed by atoms with Gasteiger partial charge in [-0.15, -0.1) is 0 Å². The highest BCUT2D eigenvalue weighted by molar-refractivity contribution is 5.85. The normalized spacial score (nSPS) is 14.6. The third kappa shape index (κ3) is 6.54. The SMILES string of the molecule is CC(C)(C)OC(=O)N[C@H](Cc1ccccc1)[C@@H](O)[C@H](N)Cc1cccc2ccccc12. The molecular weight excluding hydrogens is 388 g/mol. The van der Waals surface area contributed by atoms with E-state index in [-0.39, 0.29) is 0 Å². The summed E-state index contributed by atoms with van der Waals surface area (Å²) >= 11 is 0. The third-order valence-electron chi connectivity index (χ3n) is 5.19. The van der Waals surface area contributed by atoms with Crippen molar-refractivity contribution in [2.75, 3.05) is 0 Å². The summed E-state index contributed by atoms with van der Waals surface area (Å²) in [6.45, 7) is 5.42. The Kier molecular flexibility index (Phi) is 7.31. The Morgan fingerprint density at radius 1 is 0.968 bits per heavy atom. The van der Waals surface area contributed by atoms with Crippen LogP contribution >= 0.6 is 0 Å². The minimum Gasteiger partial charge on any atom is -0.444 e. The highest BCUT2D eigenvalue weighted by atomic mass is 16.6. The van der Waals surface area contributed by atoms with E-state index < -0.39 is 29.9 Å². The number of carbonyl (C=O) groups excluding carboxylic acids is 1. The van der Waals surface area contributed by atoms with Crippen molar-refractivity contribution in [2.24, 2.45) is 5.73 Å². The second kappa shape index (κ2) is 9.94. The minimum atomic E-state index is -0.952. The number of alkyl carbamates (subject to hydrolysis) is 1. The van der Waals surface area contributed by atoms with Crippen molar-refractivity contribution in [3.05, 3.63) is 83.9 Å². The highest BCUT2D eigenvalue weighted by Crippen LogP contribution is 2.21. The zero-order valence-electron chi connectivity index (χ0n) is 18.4. The Morgan fingerprint density at radius 2 is 1.61 bits per heavy atom. The van der Waals surface area contributed by atoms with Gasteiger partial charge in [0, 0.05) is 6.04 Å². The van der Waals surface area contributed by atoms with Gasteiger partial charge in [-0.25, -0.2) is 4.79 Å². The van der Waals surface area contributed by atoms with Crippen LogP contribution in [0.25, 0.3) is 10.8 Å². The number of nitrogens with one attached hydrogen (secondary N) is 1. The van der Waals surface area contributed by atoms with Crippen molar-refractivity contribution >= 4 is 16.9 Å². The molecular formula is C26H32N2O3. The predicted molar refractivity (Wildman–Crippen MR) is 125 cm³/mol. The number of benzene rings is 3. The quantitative estimate of drug-likeness (QED) is 0.535. The lowest BCUT2D eigenvalue weighted by molar-refractivity contribution is 0.0392. The minimum absolute atomic E-state index is 0.449. The molecule has 5 nitrogen and oxygen atoms in total. The molecule has 3 rings (SSSR count). The Bertz CT molecular complexity index is 993. The van der Waals surface area contributed by atoms with Crippen molar-refractivity contribution in [1.82, 2.24) is 5.32 Å². The first-order chi connectivity index (χ1) is 14.7. The van der Waals surface area contributed by atoms with E-state index in [1.54, 1.807) is 0 Å². The van der Waals surface area contributed by atoms with Crippen LogP contribution in [0.1, 0.15) is 31.9 Å². The molecule has 4 N–H and O–H groups in total. The first-order valence-corrected chi connectivity index (χ1v) is 10.7. The summed E-state index contributed by atoms with van der Waals surface area (Å²) in [5.74, 6) is 0. The fraction of sp³-hybridized carbons (Fsp3) is 0.346. The number of hydrogen-bond acceptors (Lipinski definition) is 4. The van der Waals surface area contributed by atoms with E-state index >= 15 is 0 Å². The molecule has 0 unspecified atom stereocenters. The average molecular weight is 421 g/mol. The Morgan fingerprint density at radius 3 is 2.32 bits per heavy atom. The topological polar surface area (TPSA) is 84.6 Å². The molecule has 3 atom stereocenters. The van der Waals surface area contributed by atoms with Crippen molar-refractivity contribution in [3.8, 4) is 0 Å². The molecule has 31 heavy (non-hydrogen) atoms. The number of carbonyl (C=O) groups is 1. The molecule has 0 bridgehead atoms. The standard InChI is InChI=1S/C26H32N2O3/c1-26(2,3)31-25(30)28-23(16-18-10-5-4-6-11-18)24(29)22(27)17-20-14-9-13-19-12-7-8-15-21(19)20/h4-15,22-24,29H,16-17,27H2,1-3H3,(H,28,30)/t22-,23-,24+/m1/s1. The molecule has 0 spiro atoms. The van der Waals surface area contributed by atoms with Gasteiger partial charge in [-0.05, 0) is 55.5 Å². The van der Waals surface area contributed by atoms with E-state index in [2.05, 4.69) is 23.5 Å². The van der Waals surface area contributed by atoms with E-state index in [0.29, 0.717) is 12.8 Å². The molecule has 164 valence electrons. The van der Waals surface area contributed by atoms with Crippen LogP contribution in [-0.2, 0) is 17.6 Å². The Labute approximate surface area is 184 Å². The van der Waals surface area contributed by atoms with Crippen molar-refractivity contribution in [1.29, 1.82) is 0 Å². The molecule has 3 aromatic rings. The molecule has 5 heteroatoms. The van der Waals surface area contributed by atoms with Crippen LogP contribution in [0.5, 0.6) is 0 Å². The first kappa shape index (κ1) is 22.8. The van der Waals surface area contributed by atoms with Gasteiger partial charge in [0.25, 0.3) is 0 Å². The monoisotopic (exact) mass is 420 g/mol. The zero-order valence-corrected chi connectivity index (χ0v) is 18.4. The number of rotatable bonds is 7. The largest absolute Gasteiger partial charge is 0.444 e. The summed E-state index contributed by atoms with van der Waals surface area (Å²) in [5, 5.41) is 16.2. The summed E-state index contributed by atoms with van der Waals surface area (Å²) in [7, 11) is 0. The number of aliphatic hydroxyl groups excluding tert-OH is 1. The zero-order chi connectivity index (χ0) is 22.4. The molecule has 0 aliphatic rings. The summed E-state index contributed by atoms with van der Waals surface area (Å²) in [5.41, 5.74) is 7.90. The third-order valence-corrected chi connectivity index (χ3v) is 5.19. The first-order valence-electron chi connectivity index (χ1n) is 10.7. The van der Waals surface area contributed by atoms with Crippen LogP contribution in [-0.4, -0.2) is 35.0 Å². The number of aliphatic hydroxyl groups is 1. The van der Waals surface area contributed by atoms with Crippen molar-refractivity contribution in [2.45, 2.75) is 57.4 Å². The van der Waals surface area contributed by atoms with E-state index in [0.717, 1.165) is 21.9 Å². The lowest BCUT2D eigenvalue weighted by Gasteiger charge is -2.30. The molecule has 0 aromatic heterocycles. The highest BCUT2D eigenvalue weighted by Gasteiger charge is 2.29. The van der Waals surface area contributed by atoms with Crippen LogP contribution in [0.2, 0.25) is 0 Å². The van der Waals surface area contributed by atoms with Gasteiger partial charge in [0.1, 0.15) is 5.60 Å². The molecule has 1 amide bonds. The molecule has 0 fully saturated rings. The van der Waals surface area contributed by atoms with Gasteiger partial charge in [0.05, 0.1) is 12.1 Å². The molecule has 0 aliphatic carbocycles. The molecule has 0 saturated carbocycles. The fourth-order valence-corrected chi connectivity index (χ4v) is 3.73. The van der Waals surface area contributed by atoms with Crippen LogP contribution in [0, 0.1) is 0 Å². The Hall–Kier alpha value is -2.89. The number of nitrogens with two attached hydrogens (primary N) is 1. The van der Waals surface area contributed by atoms with E-state index in [1.165, 1.54) is 0 Å². The van der Waals surface area contributed by atoms with Gasteiger partial charge in [0.15, 0.2) is 0 Å². The van der Waals surface area contributed by atoms with E-state index in [4.69, 9.17) is 10.5 Å². The second-order valence-corrected chi connectivity index (χ2v) is 8.94. The van der Waals surface area contributed by atoms with Crippen LogP contribution in [0.4, 0.5) is 4.79 Å². The lowest BCUT2D eigenvalue weighted by Crippen LogP contribution is -2.53. The molecule has 3 aromatic carbocycles. The number of ether oxygens (including phenoxy) is 1. The summed E-state index contributed by atoms with van der Waals surface area (Å²) in [6.07, 6.45) is -0.578. The Balaban J connectivity index is 1.78. The predicted octanol–water partition coefficient (Wildman–Crippen LogP) is 4.21. The average Bonchev–Trinajstić information content (AvgIpc) is 2.72. The lowest BCUT2D eigenvalue weighted by atomic mass is 9.91. The van der Waals surface area contributed by atoms with Crippen LogP contribution in [0.15, 0.2) is 72.8 Å². The van der Waals surface area contributed by atoms with Gasteiger partial charge in [0.2, 0.25) is 0 Å².